The fourth-order valence-corrected chi connectivity index (χ4v) is 1.32. The number of nitrogens with one attached hydrogen (secondary N) is 1. The summed E-state index contributed by atoms with van der Waals surface area (Å²) in [4.78, 5) is 3.94. The predicted octanol–water partition coefficient (Wildman–Crippen LogP) is 2.27. The standard InChI is InChI=1S/C13H13N3.CH4O4S/c1-11-4-2-3-5-13(11)16-15-10-12-6-8-14-9-7-12;1-5-6(2,3)4/h2-10,16H,1H3;1H3,(H,2,3,4). The molecule has 0 unspecified atom stereocenters. The molecule has 0 aliphatic rings. The van der Waals surface area contributed by atoms with E-state index < -0.39 is 10.4 Å². The van der Waals surface area contributed by atoms with Gasteiger partial charge in [0.2, 0.25) is 0 Å². The molecule has 2 rings (SSSR count). The summed E-state index contributed by atoms with van der Waals surface area (Å²) >= 11 is 0. The van der Waals surface area contributed by atoms with Gasteiger partial charge in [-0.25, -0.2) is 0 Å². The van der Waals surface area contributed by atoms with Crippen LogP contribution < -0.4 is 5.43 Å². The lowest BCUT2D eigenvalue weighted by Gasteiger charge is -2.02. The zero-order chi connectivity index (χ0) is 16.4. The summed E-state index contributed by atoms with van der Waals surface area (Å²) in [7, 11) is -3.29. The van der Waals surface area contributed by atoms with E-state index in [9.17, 15) is 8.42 Å². The number of hydrogen-bond donors (Lipinski definition) is 2. The second-order valence-electron chi connectivity index (χ2n) is 4.06. The monoisotopic (exact) mass is 323 g/mol. The molecule has 2 aromatic rings. The molecule has 7 nitrogen and oxygen atoms in total. The number of para-hydroxylation sites is 1. The molecule has 0 amide bonds. The third-order valence-electron chi connectivity index (χ3n) is 2.46. The number of aromatic nitrogens is 1. The summed E-state index contributed by atoms with van der Waals surface area (Å²) in [5.41, 5.74) is 6.23. The zero-order valence-corrected chi connectivity index (χ0v) is 13.0. The van der Waals surface area contributed by atoms with Crippen LogP contribution in [0.5, 0.6) is 0 Å². The molecule has 0 aliphatic carbocycles. The molecule has 22 heavy (non-hydrogen) atoms. The molecule has 1 aromatic heterocycles. The highest BCUT2D eigenvalue weighted by Crippen LogP contribution is 2.12. The highest BCUT2D eigenvalue weighted by atomic mass is 32.3. The first-order chi connectivity index (χ1) is 10.4. The van der Waals surface area contributed by atoms with E-state index in [2.05, 4.69) is 19.7 Å². The fourth-order valence-electron chi connectivity index (χ4n) is 1.32. The molecule has 8 heteroatoms. The number of hydrazone groups is 1. The molecule has 1 heterocycles. The second kappa shape index (κ2) is 8.88. The van der Waals surface area contributed by atoms with Crippen molar-refractivity contribution in [3.05, 3.63) is 59.9 Å². The van der Waals surface area contributed by atoms with Crippen molar-refractivity contribution in [3.8, 4) is 0 Å². The Hall–Kier alpha value is -2.29. The van der Waals surface area contributed by atoms with Crippen LogP contribution in [0.1, 0.15) is 11.1 Å². The van der Waals surface area contributed by atoms with Crippen LogP contribution in [0.15, 0.2) is 53.9 Å². The molecule has 118 valence electrons. The summed E-state index contributed by atoms with van der Waals surface area (Å²) in [5, 5.41) is 4.17. The number of benzene rings is 1. The molecule has 0 fully saturated rings. The van der Waals surface area contributed by atoms with Crippen molar-refractivity contribution in [2.45, 2.75) is 6.92 Å². The fraction of sp³-hybridized carbons (Fsp3) is 0.143. The quantitative estimate of drug-likeness (QED) is 0.508. The van der Waals surface area contributed by atoms with Crippen LogP contribution in [0, 0.1) is 6.92 Å². The van der Waals surface area contributed by atoms with Crippen molar-refractivity contribution in [3.63, 3.8) is 0 Å². The lowest BCUT2D eigenvalue weighted by Crippen LogP contribution is -1.96. The SMILES string of the molecule is COS(=O)(=O)O.Cc1ccccc1NN=Cc1ccncc1. The van der Waals surface area contributed by atoms with Gasteiger partial charge in [0.1, 0.15) is 0 Å². The zero-order valence-electron chi connectivity index (χ0n) is 12.2. The molecule has 0 saturated carbocycles. The summed E-state index contributed by atoms with van der Waals surface area (Å²) in [6, 6.07) is 11.8. The lowest BCUT2D eigenvalue weighted by molar-refractivity contribution is 0.324. The molecule has 0 bridgehead atoms. The minimum atomic E-state index is -4.16. The van der Waals surface area contributed by atoms with Crippen LogP contribution in [-0.2, 0) is 14.6 Å². The van der Waals surface area contributed by atoms with Crippen LogP contribution in [0.25, 0.3) is 0 Å². The van der Waals surface area contributed by atoms with E-state index in [0.29, 0.717) is 0 Å². The van der Waals surface area contributed by atoms with E-state index >= 15 is 0 Å². The molecule has 0 radical (unpaired) electrons. The number of pyridine rings is 1. The van der Waals surface area contributed by atoms with Gasteiger partial charge in [-0.3, -0.25) is 19.1 Å². The molecule has 0 saturated heterocycles. The van der Waals surface area contributed by atoms with Crippen molar-refractivity contribution in [1.29, 1.82) is 0 Å². The van der Waals surface area contributed by atoms with E-state index in [1.165, 1.54) is 5.56 Å². The van der Waals surface area contributed by atoms with Gasteiger partial charge in [0.25, 0.3) is 0 Å². The molecular weight excluding hydrogens is 306 g/mol. The Labute approximate surface area is 129 Å². The summed E-state index contributed by atoms with van der Waals surface area (Å²) < 4.78 is 29.7. The van der Waals surface area contributed by atoms with Gasteiger partial charge in [-0.15, -0.1) is 0 Å². The number of hydrogen-bond acceptors (Lipinski definition) is 6. The van der Waals surface area contributed by atoms with Crippen LogP contribution in [0.2, 0.25) is 0 Å². The van der Waals surface area contributed by atoms with Crippen molar-refractivity contribution < 1.29 is 17.2 Å². The van der Waals surface area contributed by atoms with E-state index in [0.717, 1.165) is 18.4 Å². The largest absolute Gasteiger partial charge is 0.397 e. The first-order valence-electron chi connectivity index (χ1n) is 6.20. The average molecular weight is 323 g/mol. The van der Waals surface area contributed by atoms with Crippen LogP contribution in [0.3, 0.4) is 0 Å². The van der Waals surface area contributed by atoms with Crippen LogP contribution in [-0.4, -0.2) is 31.3 Å². The Balaban J connectivity index is 0.000000346. The maximum absolute atomic E-state index is 9.33. The van der Waals surface area contributed by atoms with Crippen LogP contribution >= 0.6 is 0 Å². The number of anilines is 1. The summed E-state index contributed by atoms with van der Waals surface area (Å²) in [6.07, 6.45) is 5.26. The topological polar surface area (TPSA) is 101 Å². The summed E-state index contributed by atoms with van der Waals surface area (Å²) in [5.74, 6) is 0. The van der Waals surface area contributed by atoms with Gasteiger partial charge in [0.05, 0.1) is 19.0 Å². The molecule has 1 aromatic carbocycles. The maximum Gasteiger partial charge on any atom is 0.397 e. The van der Waals surface area contributed by atoms with Crippen molar-refractivity contribution in [2.75, 3.05) is 12.5 Å². The highest BCUT2D eigenvalue weighted by molar-refractivity contribution is 7.80. The van der Waals surface area contributed by atoms with Gasteiger partial charge in [-0.1, -0.05) is 18.2 Å². The Bertz CT molecular complexity index is 703. The van der Waals surface area contributed by atoms with E-state index in [1.807, 2.05) is 43.3 Å². The van der Waals surface area contributed by atoms with E-state index in [1.54, 1.807) is 18.6 Å². The number of rotatable bonds is 4. The maximum atomic E-state index is 9.33. The second-order valence-corrected chi connectivity index (χ2v) is 5.25. The van der Waals surface area contributed by atoms with Gasteiger partial charge in [0, 0.05) is 12.4 Å². The predicted molar refractivity (Wildman–Crippen MR) is 85.2 cm³/mol. The Morgan fingerprint density at radius 1 is 1.23 bits per heavy atom. The first-order valence-corrected chi connectivity index (χ1v) is 7.56. The lowest BCUT2D eigenvalue weighted by atomic mass is 10.2. The molecule has 2 N–H and O–H groups in total. The number of nitrogens with zero attached hydrogens (tertiary/aromatic N) is 2. The Kier molecular flexibility index (Phi) is 7.17. The van der Waals surface area contributed by atoms with Gasteiger partial charge in [-0.2, -0.15) is 13.5 Å². The van der Waals surface area contributed by atoms with Crippen molar-refractivity contribution >= 4 is 22.3 Å². The van der Waals surface area contributed by atoms with Crippen molar-refractivity contribution in [2.24, 2.45) is 5.10 Å². The molecule has 0 atom stereocenters. The normalized spacial score (nSPS) is 10.9. The Morgan fingerprint density at radius 3 is 2.36 bits per heavy atom. The molecule has 0 aliphatic heterocycles. The minimum Gasteiger partial charge on any atom is -0.278 e. The van der Waals surface area contributed by atoms with Crippen LogP contribution in [0.4, 0.5) is 5.69 Å². The number of aryl methyl sites for hydroxylation is 1. The summed E-state index contributed by atoms with van der Waals surface area (Å²) in [6.45, 7) is 2.05. The molecular formula is C14H17N3O4S. The van der Waals surface area contributed by atoms with Gasteiger partial charge >= 0.3 is 10.4 Å². The van der Waals surface area contributed by atoms with Gasteiger partial charge < -0.3 is 0 Å². The van der Waals surface area contributed by atoms with Gasteiger partial charge in [-0.05, 0) is 36.2 Å². The third kappa shape index (κ3) is 7.48. The molecule has 0 spiro atoms. The highest BCUT2D eigenvalue weighted by Gasteiger charge is 1.94. The smallest absolute Gasteiger partial charge is 0.278 e. The Morgan fingerprint density at radius 2 is 1.82 bits per heavy atom. The van der Waals surface area contributed by atoms with E-state index in [4.69, 9.17) is 4.55 Å². The first kappa shape index (κ1) is 17.8. The average Bonchev–Trinajstić information content (AvgIpc) is 2.50. The van der Waals surface area contributed by atoms with E-state index in [-0.39, 0.29) is 0 Å². The minimum absolute atomic E-state index is 0.870. The van der Waals surface area contributed by atoms with Gasteiger partial charge in [0.15, 0.2) is 0 Å². The van der Waals surface area contributed by atoms with Crippen molar-refractivity contribution in [1.82, 2.24) is 4.98 Å². The third-order valence-corrected chi connectivity index (χ3v) is 2.88.